The van der Waals surface area contributed by atoms with E-state index in [0.717, 1.165) is 12.0 Å². The molecule has 3 aliphatic rings. The van der Waals surface area contributed by atoms with Gasteiger partial charge >= 0.3 is 0 Å². The fourth-order valence-electron chi connectivity index (χ4n) is 3.83. The lowest BCUT2D eigenvalue weighted by atomic mass is 9.96. The summed E-state index contributed by atoms with van der Waals surface area (Å²) in [6.07, 6.45) is 7.16. The second kappa shape index (κ2) is 7.09. The molecule has 0 aromatic heterocycles. The molecule has 0 amide bonds. The third-order valence-corrected chi connectivity index (χ3v) is 4.84. The van der Waals surface area contributed by atoms with Crippen molar-refractivity contribution >= 4 is 12.4 Å². The Hall–Kier alpha value is 0.170. The van der Waals surface area contributed by atoms with Crippen LogP contribution in [0, 0.1) is 5.92 Å². The molecule has 3 nitrogen and oxygen atoms in total. The van der Waals surface area contributed by atoms with Gasteiger partial charge in [0, 0.05) is 32.2 Å². The predicted molar refractivity (Wildman–Crippen MR) is 78.5 cm³/mol. The second-order valence-corrected chi connectivity index (χ2v) is 6.16. The minimum absolute atomic E-state index is 0. The normalized spacial score (nSPS) is 34.7. The van der Waals surface area contributed by atoms with Crippen LogP contribution in [0.25, 0.3) is 0 Å². The molecule has 2 unspecified atom stereocenters. The third kappa shape index (κ3) is 3.60. The number of nitrogens with zero attached hydrogens (tertiary/aromatic N) is 2. The summed E-state index contributed by atoms with van der Waals surface area (Å²) in [5, 5.41) is 3.54. The van der Waals surface area contributed by atoms with Gasteiger partial charge < -0.3 is 10.2 Å². The molecule has 0 spiro atoms. The van der Waals surface area contributed by atoms with Gasteiger partial charge in [0.1, 0.15) is 0 Å². The standard InChI is InChI=1S/C14H27N3.ClH/c1-2-7-17-9-8-16(12-14(17)5-1)11-13-4-3-6-15-10-13;/h13-15H,1-12H2;1H. The highest BCUT2D eigenvalue weighted by molar-refractivity contribution is 5.85. The highest BCUT2D eigenvalue weighted by Gasteiger charge is 2.29. The van der Waals surface area contributed by atoms with Crippen molar-refractivity contribution in [2.24, 2.45) is 5.92 Å². The third-order valence-electron chi connectivity index (χ3n) is 4.84. The average Bonchev–Trinajstić information content (AvgIpc) is 2.40. The molecule has 3 aliphatic heterocycles. The summed E-state index contributed by atoms with van der Waals surface area (Å²) >= 11 is 0. The van der Waals surface area contributed by atoms with Gasteiger partial charge in [0.05, 0.1) is 0 Å². The van der Waals surface area contributed by atoms with Crippen molar-refractivity contribution in [3.63, 3.8) is 0 Å². The highest BCUT2D eigenvalue weighted by Crippen LogP contribution is 2.22. The van der Waals surface area contributed by atoms with Gasteiger partial charge in [0.2, 0.25) is 0 Å². The molecule has 1 N–H and O–H groups in total. The number of rotatable bonds is 2. The summed E-state index contributed by atoms with van der Waals surface area (Å²) in [5.41, 5.74) is 0. The van der Waals surface area contributed by atoms with E-state index in [-0.39, 0.29) is 12.4 Å². The molecule has 3 fully saturated rings. The Morgan fingerprint density at radius 1 is 1.00 bits per heavy atom. The lowest BCUT2D eigenvalue weighted by molar-refractivity contribution is 0.0398. The highest BCUT2D eigenvalue weighted by atomic mass is 35.5. The molecule has 0 bridgehead atoms. The van der Waals surface area contributed by atoms with Gasteiger partial charge in [-0.3, -0.25) is 4.90 Å². The van der Waals surface area contributed by atoms with Crippen molar-refractivity contribution < 1.29 is 0 Å². The predicted octanol–water partition coefficient (Wildman–Crippen LogP) is 1.58. The summed E-state index contributed by atoms with van der Waals surface area (Å²) < 4.78 is 0. The van der Waals surface area contributed by atoms with Gasteiger partial charge in [-0.25, -0.2) is 0 Å². The van der Waals surface area contributed by atoms with Gasteiger partial charge in [-0.1, -0.05) is 6.42 Å². The molecule has 2 atom stereocenters. The lowest BCUT2D eigenvalue weighted by Gasteiger charge is -2.45. The molecule has 3 heterocycles. The average molecular weight is 274 g/mol. The number of hydrogen-bond donors (Lipinski definition) is 1. The summed E-state index contributed by atoms with van der Waals surface area (Å²) in [6, 6.07) is 0.883. The smallest absolute Gasteiger partial charge is 0.0223 e. The van der Waals surface area contributed by atoms with Crippen LogP contribution in [0.15, 0.2) is 0 Å². The zero-order valence-electron chi connectivity index (χ0n) is 11.4. The van der Waals surface area contributed by atoms with Gasteiger partial charge in [0.25, 0.3) is 0 Å². The summed E-state index contributed by atoms with van der Waals surface area (Å²) in [6.45, 7) is 9.19. The van der Waals surface area contributed by atoms with E-state index < -0.39 is 0 Å². The first kappa shape index (κ1) is 14.6. The first-order valence-electron chi connectivity index (χ1n) is 7.59. The molecule has 4 heteroatoms. The van der Waals surface area contributed by atoms with Crippen LogP contribution in [-0.4, -0.2) is 61.7 Å². The van der Waals surface area contributed by atoms with Crippen LogP contribution in [0.5, 0.6) is 0 Å². The molecule has 3 rings (SSSR count). The molecular formula is C14H28ClN3. The quantitative estimate of drug-likeness (QED) is 0.824. The van der Waals surface area contributed by atoms with Crippen LogP contribution in [0.1, 0.15) is 32.1 Å². The van der Waals surface area contributed by atoms with E-state index in [1.165, 1.54) is 77.9 Å². The topological polar surface area (TPSA) is 18.5 Å². The Kier molecular flexibility index (Phi) is 5.74. The molecule has 0 aromatic rings. The van der Waals surface area contributed by atoms with E-state index in [1.807, 2.05) is 0 Å². The summed E-state index contributed by atoms with van der Waals surface area (Å²) in [5.74, 6) is 0.916. The Bertz CT molecular complexity index is 241. The molecule has 0 radical (unpaired) electrons. The fourth-order valence-corrected chi connectivity index (χ4v) is 3.83. The summed E-state index contributed by atoms with van der Waals surface area (Å²) in [4.78, 5) is 5.48. The van der Waals surface area contributed by atoms with Gasteiger partial charge in [-0.05, 0) is 51.2 Å². The van der Waals surface area contributed by atoms with Crippen LogP contribution < -0.4 is 5.32 Å². The van der Waals surface area contributed by atoms with Gasteiger partial charge in [-0.2, -0.15) is 0 Å². The van der Waals surface area contributed by atoms with Crippen molar-refractivity contribution in [2.75, 3.05) is 45.8 Å². The zero-order valence-corrected chi connectivity index (χ0v) is 12.3. The number of halogens is 1. The van der Waals surface area contributed by atoms with Crippen molar-refractivity contribution in [1.29, 1.82) is 0 Å². The van der Waals surface area contributed by atoms with Crippen LogP contribution >= 0.6 is 12.4 Å². The SMILES string of the molecule is C1CNCC(CN2CCN3CCCCC3C2)C1.Cl. The van der Waals surface area contributed by atoms with Crippen molar-refractivity contribution in [1.82, 2.24) is 15.1 Å². The van der Waals surface area contributed by atoms with E-state index in [4.69, 9.17) is 0 Å². The van der Waals surface area contributed by atoms with E-state index in [9.17, 15) is 0 Å². The molecule has 18 heavy (non-hydrogen) atoms. The van der Waals surface area contributed by atoms with E-state index in [2.05, 4.69) is 15.1 Å². The zero-order chi connectivity index (χ0) is 11.5. The first-order valence-corrected chi connectivity index (χ1v) is 7.59. The monoisotopic (exact) mass is 273 g/mol. The number of nitrogens with one attached hydrogen (secondary N) is 1. The molecular weight excluding hydrogens is 246 g/mol. The Labute approximate surface area is 118 Å². The van der Waals surface area contributed by atoms with Gasteiger partial charge in [0.15, 0.2) is 0 Å². The fraction of sp³-hybridized carbons (Fsp3) is 1.00. The maximum absolute atomic E-state index is 3.54. The van der Waals surface area contributed by atoms with Crippen LogP contribution in [0.3, 0.4) is 0 Å². The molecule has 3 saturated heterocycles. The Morgan fingerprint density at radius 3 is 2.78 bits per heavy atom. The number of hydrogen-bond acceptors (Lipinski definition) is 3. The maximum atomic E-state index is 3.54. The Morgan fingerprint density at radius 2 is 1.94 bits per heavy atom. The van der Waals surface area contributed by atoms with E-state index in [1.54, 1.807) is 0 Å². The molecule has 0 aromatic carbocycles. The minimum Gasteiger partial charge on any atom is -0.316 e. The van der Waals surface area contributed by atoms with Crippen molar-refractivity contribution in [3.8, 4) is 0 Å². The lowest BCUT2D eigenvalue weighted by Crippen LogP contribution is -2.56. The van der Waals surface area contributed by atoms with Crippen LogP contribution in [0.4, 0.5) is 0 Å². The molecule has 0 aliphatic carbocycles. The first-order chi connectivity index (χ1) is 8.42. The van der Waals surface area contributed by atoms with E-state index in [0.29, 0.717) is 0 Å². The van der Waals surface area contributed by atoms with Crippen LogP contribution in [-0.2, 0) is 0 Å². The van der Waals surface area contributed by atoms with Gasteiger partial charge in [-0.15, -0.1) is 12.4 Å². The number of piperazine rings is 1. The van der Waals surface area contributed by atoms with Crippen molar-refractivity contribution in [3.05, 3.63) is 0 Å². The Balaban J connectivity index is 0.00000120. The number of fused-ring (bicyclic) bond motifs is 1. The van der Waals surface area contributed by atoms with Crippen LogP contribution in [0.2, 0.25) is 0 Å². The molecule has 0 saturated carbocycles. The summed E-state index contributed by atoms with van der Waals surface area (Å²) in [7, 11) is 0. The maximum Gasteiger partial charge on any atom is 0.0223 e. The minimum atomic E-state index is 0. The van der Waals surface area contributed by atoms with E-state index >= 15 is 0 Å². The molecule has 106 valence electrons. The number of piperidine rings is 2. The largest absolute Gasteiger partial charge is 0.316 e. The van der Waals surface area contributed by atoms with Crippen molar-refractivity contribution in [2.45, 2.75) is 38.1 Å². The second-order valence-electron chi connectivity index (χ2n) is 6.16.